The van der Waals surface area contributed by atoms with Crippen molar-refractivity contribution in [2.45, 2.75) is 52.1 Å². The van der Waals surface area contributed by atoms with Gasteiger partial charge in [0.25, 0.3) is 0 Å². The van der Waals surface area contributed by atoms with E-state index in [2.05, 4.69) is 37.9 Å². The Morgan fingerprint density at radius 1 is 1.19 bits per heavy atom. The van der Waals surface area contributed by atoms with Crippen molar-refractivity contribution < 1.29 is 4.39 Å². The first-order chi connectivity index (χ1) is 10.00. The molecule has 120 valence electrons. The van der Waals surface area contributed by atoms with Crippen LogP contribution in [-0.2, 0) is 0 Å². The van der Waals surface area contributed by atoms with E-state index in [1.807, 2.05) is 13.1 Å². The van der Waals surface area contributed by atoms with Crippen LogP contribution in [0.2, 0.25) is 5.02 Å². The standard InChI is InChI=1S/C17H28ClFN2/c1-6-17(7-2,21(8-3)9-4)16(20-5)14-11-10-13(18)12-15(14)19/h10-12,16,20H,6-9H2,1-5H3. The smallest absolute Gasteiger partial charge is 0.129 e. The summed E-state index contributed by atoms with van der Waals surface area (Å²) in [5.74, 6) is -0.236. The maximum atomic E-state index is 14.4. The number of rotatable bonds is 8. The minimum absolute atomic E-state index is 0.0651. The lowest BCUT2D eigenvalue weighted by molar-refractivity contribution is 0.0502. The van der Waals surface area contributed by atoms with Gasteiger partial charge in [0.2, 0.25) is 0 Å². The van der Waals surface area contributed by atoms with E-state index in [9.17, 15) is 4.39 Å². The van der Waals surface area contributed by atoms with E-state index in [-0.39, 0.29) is 17.4 Å². The number of benzene rings is 1. The highest BCUT2D eigenvalue weighted by atomic mass is 35.5. The average molecular weight is 315 g/mol. The Labute approximate surface area is 133 Å². The Bertz CT molecular complexity index is 442. The van der Waals surface area contributed by atoms with Crippen LogP contribution in [0, 0.1) is 5.82 Å². The Morgan fingerprint density at radius 3 is 2.14 bits per heavy atom. The molecular formula is C17H28ClFN2. The van der Waals surface area contributed by atoms with Gasteiger partial charge >= 0.3 is 0 Å². The zero-order valence-electron chi connectivity index (χ0n) is 13.8. The van der Waals surface area contributed by atoms with Crippen LogP contribution in [0.4, 0.5) is 4.39 Å². The van der Waals surface area contributed by atoms with Gasteiger partial charge in [0.1, 0.15) is 5.82 Å². The Morgan fingerprint density at radius 2 is 1.76 bits per heavy atom. The average Bonchev–Trinajstić information content (AvgIpc) is 2.49. The zero-order valence-corrected chi connectivity index (χ0v) is 14.6. The molecule has 1 N–H and O–H groups in total. The van der Waals surface area contributed by atoms with Gasteiger partial charge in [-0.2, -0.15) is 0 Å². The van der Waals surface area contributed by atoms with Crippen molar-refractivity contribution >= 4 is 11.6 Å². The van der Waals surface area contributed by atoms with Gasteiger partial charge < -0.3 is 5.32 Å². The summed E-state index contributed by atoms with van der Waals surface area (Å²) in [6.45, 7) is 10.6. The molecule has 1 aromatic rings. The van der Waals surface area contributed by atoms with Crippen LogP contribution in [0.25, 0.3) is 0 Å². The fraction of sp³-hybridized carbons (Fsp3) is 0.647. The first kappa shape index (κ1) is 18.4. The predicted octanol–water partition coefficient (Wildman–Crippen LogP) is 4.64. The highest BCUT2D eigenvalue weighted by Gasteiger charge is 2.41. The summed E-state index contributed by atoms with van der Waals surface area (Å²) in [5, 5.41) is 3.78. The van der Waals surface area contributed by atoms with Crippen molar-refractivity contribution in [2.24, 2.45) is 0 Å². The summed E-state index contributed by atoms with van der Waals surface area (Å²) >= 11 is 5.89. The Hall–Kier alpha value is -0.640. The van der Waals surface area contributed by atoms with E-state index in [4.69, 9.17) is 11.6 Å². The van der Waals surface area contributed by atoms with Gasteiger partial charge in [-0.1, -0.05) is 45.4 Å². The van der Waals surface area contributed by atoms with E-state index in [0.29, 0.717) is 10.6 Å². The van der Waals surface area contributed by atoms with Gasteiger partial charge in [-0.05, 0) is 45.1 Å². The molecular weight excluding hydrogens is 287 g/mol. The Kier molecular flexibility index (Phi) is 7.11. The summed E-state index contributed by atoms with van der Waals surface area (Å²) in [7, 11) is 1.91. The summed E-state index contributed by atoms with van der Waals surface area (Å²) < 4.78 is 14.4. The van der Waals surface area contributed by atoms with E-state index >= 15 is 0 Å². The largest absolute Gasteiger partial charge is 0.311 e. The van der Waals surface area contributed by atoms with Crippen molar-refractivity contribution in [3.8, 4) is 0 Å². The summed E-state index contributed by atoms with van der Waals surface area (Å²) in [6, 6.07) is 4.91. The molecule has 0 aliphatic heterocycles. The number of hydrogen-bond donors (Lipinski definition) is 1. The van der Waals surface area contributed by atoms with Crippen LogP contribution < -0.4 is 5.32 Å². The molecule has 0 heterocycles. The van der Waals surface area contributed by atoms with Crippen molar-refractivity contribution in [1.29, 1.82) is 0 Å². The predicted molar refractivity (Wildman–Crippen MR) is 89.4 cm³/mol. The molecule has 2 nitrogen and oxygen atoms in total. The lowest BCUT2D eigenvalue weighted by atomic mass is 9.79. The third kappa shape index (κ3) is 3.58. The second kappa shape index (κ2) is 8.11. The molecule has 0 saturated heterocycles. The van der Waals surface area contributed by atoms with Gasteiger partial charge in [-0.3, -0.25) is 4.90 Å². The van der Waals surface area contributed by atoms with Crippen molar-refractivity contribution in [2.75, 3.05) is 20.1 Å². The van der Waals surface area contributed by atoms with E-state index < -0.39 is 0 Å². The molecule has 0 bridgehead atoms. The topological polar surface area (TPSA) is 15.3 Å². The highest BCUT2D eigenvalue weighted by molar-refractivity contribution is 6.30. The molecule has 0 aliphatic rings. The fourth-order valence-corrected chi connectivity index (χ4v) is 3.75. The minimum atomic E-state index is -0.236. The monoisotopic (exact) mass is 314 g/mol. The molecule has 1 unspecified atom stereocenters. The Balaban J connectivity index is 3.37. The van der Waals surface area contributed by atoms with Gasteiger partial charge in [0, 0.05) is 16.1 Å². The third-order valence-corrected chi connectivity index (χ3v) is 4.95. The molecule has 1 aromatic carbocycles. The first-order valence-corrected chi connectivity index (χ1v) is 8.25. The minimum Gasteiger partial charge on any atom is -0.311 e. The van der Waals surface area contributed by atoms with Gasteiger partial charge in [-0.15, -0.1) is 0 Å². The van der Waals surface area contributed by atoms with Crippen LogP contribution >= 0.6 is 11.6 Å². The van der Waals surface area contributed by atoms with Crippen molar-refractivity contribution in [1.82, 2.24) is 10.2 Å². The number of nitrogens with zero attached hydrogens (tertiary/aromatic N) is 1. The van der Waals surface area contributed by atoms with Crippen molar-refractivity contribution in [3.63, 3.8) is 0 Å². The molecule has 21 heavy (non-hydrogen) atoms. The molecule has 0 spiro atoms. The zero-order chi connectivity index (χ0) is 16.0. The SMILES string of the molecule is CCN(CC)C(CC)(CC)C(NC)c1ccc(Cl)cc1F. The quantitative estimate of drug-likeness (QED) is 0.752. The number of likely N-dealkylation sites (N-methyl/N-ethyl adjacent to an activating group) is 2. The van der Waals surface area contributed by atoms with E-state index in [1.165, 1.54) is 6.07 Å². The summed E-state index contributed by atoms with van der Waals surface area (Å²) in [4.78, 5) is 2.43. The lowest BCUT2D eigenvalue weighted by Crippen LogP contribution is -2.55. The highest BCUT2D eigenvalue weighted by Crippen LogP contribution is 2.38. The van der Waals surface area contributed by atoms with Crippen LogP contribution in [0.15, 0.2) is 18.2 Å². The maximum absolute atomic E-state index is 14.4. The summed E-state index contributed by atoms with van der Waals surface area (Å²) in [6.07, 6.45) is 1.91. The molecule has 0 aromatic heterocycles. The van der Waals surface area contributed by atoms with Crippen LogP contribution in [-0.4, -0.2) is 30.6 Å². The molecule has 0 fully saturated rings. The van der Waals surface area contributed by atoms with Crippen molar-refractivity contribution in [3.05, 3.63) is 34.6 Å². The van der Waals surface area contributed by atoms with Gasteiger partial charge in [0.15, 0.2) is 0 Å². The van der Waals surface area contributed by atoms with E-state index in [0.717, 1.165) is 25.9 Å². The normalized spacial score (nSPS) is 13.7. The molecule has 0 aliphatic carbocycles. The first-order valence-electron chi connectivity index (χ1n) is 7.87. The van der Waals surface area contributed by atoms with E-state index in [1.54, 1.807) is 6.07 Å². The molecule has 1 atom stereocenters. The molecule has 0 radical (unpaired) electrons. The second-order valence-corrected chi connectivity index (χ2v) is 5.81. The van der Waals surface area contributed by atoms with Crippen LogP contribution in [0.5, 0.6) is 0 Å². The number of hydrogen-bond acceptors (Lipinski definition) is 2. The molecule has 0 saturated carbocycles. The van der Waals surface area contributed by atoms with Gasteiger partial charge in [0.05, 0.1) is 6.04 Å². The molecule has 0 amide bonds. The van der Waals surface area contributed by atoms with Crippen LogP contribution in [0.3, 0.4) is 0 Å². The number of nitrogens with one attached hydrogen (secondary N) is 1. The maximum Gasteiger partial charge on any atom is 0.129 e. The summed E-state index contributed by atoms with van der Waals surface area (Å²) in [5.41, 5.74) is 0.588. The van der Waals surface area contributed by atoms with Gasteiger partial charge in [-0.25, -0.2) is 4.39 Å². The number of halogens is 2. The second-order valence-electron chi connectivity index (χ2n) is 5.37. The van der Waals surface area contributed by atoms with Crippen LogP contribution in [0.1, 0.15) is 52.1 Å². The molecule has 1 rings (SSSR count). The lowest BCUT2D eigenvalue weighted by Gasteiger charge is -2.48. The third-order valence-electron chi connectivity index (χ3n) is 4.72. The fourth-order valence-electron chi connectivity index (χ4n) is 3.59. The molecule has 4 heteroatoms.